The van der Waals surface area contributed by atoms with Gasteiger partial charge in [0.05, 0.1) is 5.08 Å². The molecule has 0 atom stereocenters. The van der Waals surface area contributed by atoms with Crippen LogP contribution in [0.5, 0.6) is 0 Å². The maximum absolute atomic E-state index is 10.3. The number of rotatable bonds is 2. The van der Waals surface area contributed by atoms with Crippen LogP contribution in [0.15, 0.2) is 0 Å². The molecule has 0 radical (unpaired) electrons. The molecule has 0 heterocycles. The van der Waals surface area contributed by atoms with Crippen molar-refractivity contribution in [3.8, 4) is 0 Å². The van der Waals surface area contributed by atoms with Crippen molar-refractivity contribution in [1.82, 2.24) is 0 Å². The molecule has 0 aromatic rings. The second kappa shape index (κ2) is 4.88. The van der Waals surface area contributed by atoms with Crippen LogP contribution >= 0.6 is 23.5 Å². The zero-order chi connectivity index (χ0) is 7.28. The first-order valence-electron chi connectivity index (χ1n) is 2.39. The van der Waals surface area contributed by atoms with E-state index >= 15 is 0 Å². The van der Waals surface area contributed by atoms with Gasteiger partial charge in [0.1, 0.15) is 0 Å². The Hall–Kier alpha value is 0.0400. The van der Waals surface area contributed by atoms with Gasteiger partial charge in [-0.1, -0.05) is 23.5 Å². The van der Waals surface area contributed by atoms with Crippen LogP contribution in [0.2, 0.25) is 0 Å². The summed E-state index contributed by atoms with van der Waals surface area (Å²) in [5.41, 5.74) is 0. The third-order valence-electron chi connectivity index (χ3n) is 0.524. The molecule has 0 aliphatic carbocycles. The Kier molecular flexibility index (Phi) is 4.90. The Morgan fingerprint density at radius 3 is 1.67 bits per heavy atom. The predicted molar refractivity (Wildman–Crippen MR) is 41.4 cm³/mol. The Bertz CT molecular complexity index is 108. The lowest BCUT2D eigenvalue weighted by Gasteiger charge is -1.90. The minimum absolute atomic E-state index is 0.0590. The highest BCUT2D eigenvalue weighted by Gasteiger charge is 1.96. The van der Waals surface area contributed by atoms with E-state index in [1.54, 1.807) is 0 Å². The third-order valence-corrected chi connectivity index (χ3v) is 2.28. The second-order valence-corrected chi connectivity index (χ2v) is 4.06. The molecule has 9 heavy (non-hydrogen) atoms. The van der Waals surface area contributed by atoms with Crippen molar-refractivity contribution in [1.29, 1.82) is 0 Å². The molecule has 52 valence electrons. The highest BCUT2D eigenvalue weighted by Crippen LogP contribution is 2.12. The van der Waals surface area contributed by atoms with Crippen molar-refractivity contribution in [2.24, 2.45) is 0 Å². The smallest absolute Gasteiger partial charge is 0.186 e. The van der Waals surface area contributed by atoms with Gasteiger partial charge in [-0.05, 0) is 0 Å². The summed E-state index contributed by atoms with van der Waals surface area (Å²) >= 11 is 2.33. The average Bonchev–Trinajstić information content (AvgIpc) is 1.63. The molecule has 0 aromatic heterocycles. The van der Waals surface area contributed by atoms with E-state index in [0.29, 0.717) is 5.08 Å². The predicted octanol–water partition coefficient (Wildman–Crippen LogP) is 1.50. The van der Waals surface area contributed by atoms with Crippen molar-refractivity contribution in [3.63, 3.8) is 0 Å². The van der Waals surface area contributed by atoms with Gasteiger partial charge in [0.2, 0.25) is 0 Å². The Morgan fingerprint density at radius 1 is 1.11 bits per heavy atom. The number of hydrogen-bond acceptors (Lipinski definition) is 4. The van der Waals surface area contributed by atoms with E-state index in [1.165, 1.54) is 13.8 Å². The first kappa shape index (κ1) is 9.04. The zero-order valence-corrected chi connectivity index (χ0v) is 6.97. The van der Waals surface area contributed by atoms with Crippen LogP contribution in [-0.2, 0) is 9.59 Å². The number of hydrogen-bond donors (Lipinski definition) is 0. The van der Waals surface area contributed by atoms with E-state index in [1.807, 2.05) is 0 Å². The van der Waals surface area contributed by atoms with Crippen LogP contribution in [0.4, 0.5) is 0 Å². The van der Waals surface area contributed by atoms with Crippen molar-refractivity contribution >= 4 is 33.8 Å². The SMILES string of the molecule is CC(=O)SCSC(C)=O. The van der Waals surface area contributed by atoms with Gasteiger partial charge in [-0.2, -0.15) is 0 Å². The first-order chi connectivity index (χ1) is 4.13. The molecule has 0 N–H and O–H groups in total. The van der Waals surface area contributed by atoms with Gasteiger partial charge in [-0.25, -0.2) is 0 Å². The topological polar surface area (TPSA) is 34.1 Å². The Morgan fingerprint density at radius 2 is 1.44 bits per heavy atom. The quantitative estimate of drug-likeness (QED) is 0.579. The highest BCUT2D eigenvalue weighted by molar-refractivity contribution is 8.28. The third kappa shape index (κ3) is 8.04. The summed E-state index contributed by atoms with van der Waals surface area (Å²) in [6, 6.07) is 0. The van der Waals surface area contributed by atoms with E-state index < -0.39 is 0 Å². The van der Waals surface area contributed by atoms with Crippen LogP contribution < -0.4 is 0 Å². The fourth-order valence-electron chi connectivity index (χ4n) is 0.195. The minimum atomic E-state index is 0.0590. The average molecular weight is 164 g/mol. The summed E-state index contributed by atoms with van der Waals surface area (Å²) in [5.74, 6) is 0. The molecule has 0 unspecified atom stereocenters. The van der Waals surface area contributed by atoms with Gasteiger partial charge in [-0.3, -0.25) is 9.59 Å². The van der Waals surface area contributed by atoms with Gasteiger partial charge in [0.25, 0.3) is 0 Å². The summed E-state index contributed by atoms with van der Waals surface area (Å²) in [4.78, 5) is 20.5. The first-order valence-corrected chi connectivity index (χ1v) is 4.37. The molecule has 0 saturated heterocycles. The van der Waals surface area contributed by atoms with E-state index in [9.17, 15) is 9.59 Å². The van der Waals surface area contributed by atoms with E-state index in [0.717, 1.165) is 23.5 Å². The van der Waals surface area contributed by atoms with Crippen LogP contribution in [0.25, 0.3) is 0 Å². The number of thioether (sulfide) groups is 2. The molecule has 2 nitrogen and oxygen atoms in total. The Balaban J connectivity index is 3.10. The molecule has 0 aromatic carbocycles. The molecule has 0 saturated carbocycles. The van der Waals surface area contributed by atoms with Crippen LogP contribution in [0.3, 0.4) is 0 Å². The summed E-state index contributed by atoms with van der Waals surface area (Å²) in [6.07, 6.45) is 0. The van der Waals surface area contributed by atoms with E-state index in [4.69, 9.17) is 0 Å². The minimum Gasteiger partial charge on any atom is -0.288 e. The van der Waals surface area contributed by atoms with Crippen molar-refractivity contribution in [2.75, 3.05) is 5.08 Å². The fraction of sp³-hybridized carbons (Fsp3) is 0.600. The maximum atomic E-state index is 10.3. The molecular formula is C5H8O2S2. The molecular weight excluding hydrogens is 156 g/mol. The van der Waals surface area contributed by atoms with Gasteiger partial charge >= 0.3 is 0 Å². The summed E-state index contributed by atoms with van der Waals surface area (Å²) < 4.78 is 0. The van der Waals surface area contributed by atoms with Gasteiger partial charge < -0.3 is 0 Å². The lowest BCUT2D eigenvalue weighted by molar-refractivity contribution is -0.109. The van der Waals surface area contributed by atoms with Crippen molar-refractivity contribution < 1.29 is 9.59 Å². The number of carbonyl (C=O) groups is 2. The van der Waals surface area contributed by atoms with Gasteiger partial charge in [-0.15, -0.1) is 0 Å². The maximum Gasteiger partial charge on any atom is 0.186 e. The molecule has 0 bridgehead atoms. The lowest BCUT2D eigenvalue weighted by atomic mass is 10.9. The summed E-state index contributed by atoms with van der Waals surface area (Å²) in [6.45, 7) is 2.98. The molecule has 0 fully saturated rings. The molecule has 0 aliphatic heterocycles. The molecule has 0 aliphatic rings. The van der Waals surface area contributed by atoms with Gasteiger partial charge in [0, 0.05) is 13.8 Å². The van der Waals surface area contributed by atoms with Crippen LogP contribution in [0.1, 0.15) is 13.8 Å². The monoisotopic (exact) mass is 164 g/mol. The Labute approximate surface area is 62.8 Å². The summed E-state index contributed by atoms with van der Waals surface area (Å²) in [7, 11) is 0. The van der Waals surface area contributed by atoms with Crippen molar-refractivity contribution in [3.05, 3.63) is 0 Å². The van der Waals surface area contributed by atoms with Crippen molar-refractivity contribution in [2.45, 2.75) is 13.8 Å². The van der Waals surface area contributed by atoms with Gasteiger partial charge in [0.15, 0.2) is 10.2 Å². The molecule has 4 heteroatoms. The van der Waals surface area contributed by atoms with Crippen LogP contribution in [-0.4, -0.2) is 15.3 Å². The van der Waals surface area contributed by atoms with Crippen LogP contribution in [0, 0.1) is 0 Å². The van der Waals surface area contributed by atoms with E-state index in [2.05, 4.69) is 0 Å². The molecule has 0 spiro atoms. The zero-order valence-electron chi connectivity index (χ0n) is 5.34. The standard InChI is InChI=1S/C5H8O2S2/c1-4(6)8-3-9-5(2)7/h3H2,1-2H3. The largest absolute Gasteiger partial charge is 0.288 e. The normalized spacial score (nSPS) is 9.11. The number of carbonyl (C=O) groups excluding carboxylic acids is 2. The highest BCUT2D eigenvalue weighted by atomic mass is 32.2. The molecule has 0 amide bonds. The van der Waals surface area contributed by atoms with E-state index in [-0.39, 0.29) is 10.2 Å². The lowest BCUT2D eigenvalue weighted by Crippen LogP contribution is -1.85. The molecule has 0 rings (SSSR count). The summed E-state index contributed by atoms with van der Waals surface area (Å²) in [5, 5.41) is 0.664. The second-order valence-electron chi connectivity index (χ2n) is 1.39. The fourth-order valence-corrected chi connectivity index (χ4v) is 1.76.